The Balaban J connectivity index is 0.000000856. The highest BCUT2D eigenvalue weighted by molar-refractivity contribution is 8.02. The van der Waals surface area contributed by atoms with E-state index in [1.807, 2.05) is 44.4 Å². The molecule has 0 spiro atoms. The normalized spacial score (nSPS) is 17.7. The minimum absolute atomic E-state index is 0.00584. The number of hydrogen-bond acceptors (Lipinski definition) is 5. The molecular weight excluding hydrogens is 544 g/mol. The molecule has 42 heavy (non-hydrogen) atoms. The van der Waals surface area contributed by atoms with Crippen LogP contribution in [0.25, 0.3) is 10.8 Å². The molecule has 0 saturated carbocycles. The maximum absolute atomic E-state index is 12.5. The summed E-state index contributed by atoms with van der Waals surface area (Å²) in [5.41, 5.74) is 8.00. The number of thioether (sulfide) groups is 1. The van der Waals surface area contributed by atoms with Crippen LogP contribution in [0.2, 0.25) is 0 Å². The molecule has 0 aliphatic carbocycles. The molecule has 0 fully saturated rings. The van der Waals surface area contributed by atoms with Gasteiger partial charge in [0.2, 0.25) is 17.7 Å². The van der Waals surface area contributed by atoms with Crippen LogP contribution in [0.4, 0.5) is 0 Å². The van der Waals surface area contributed by atoms with Gasteiger partial charge >= 0.3 is 0 Å². The highest BCUT2D eigenvalue weighted by Gasteiger charge is 2.24. The minimum Gasteiger partial charge on any atom is -0.343 e. The fraction of sp³-hybridized carbons (Fsp3) is 0.382. The van der Waals surface area contributed by atoms with E-state index in [-0.39, 0.29) is 24.4 Å². The van der Waals surface area contributed by atoms with Crippen molar-refractivity contribution in [3.8, 4) is 12.3 Å². The summed E-state index contributed by atoms with van der Waals surface area (Å²) < 4.78 is 0. The van der Waals surface area contributed by atoms with Gasteiger partial charge in [-0.3, -0.25) is 14.4 Å². The molecule has 0 saturated heterocycles. The molecule has 228 valence electrons. The number of terminal acetylenes is 1. The third-order valence-electron chi connectivity index (χ3n) is 5.75. The molecule has 0 bridgehead atoms. The molecule has 5 N–H and O–H groups in total. The number of carbonyl (C=O) groups excluding carboxylic acids is 3. The molecule has 3 amide bonds. The van der Waals surface area contributed by atoms with Crippen molar-refractivity contribution in [3.63, 3.8) is 0 Å². The Morgan fingerprint density at radius 2 is 1.71 bits per heavy atom. The number of hydrogen-bond donors (Lipinski definition) is 4. The van der Waals surface area contributed by atoms with E-state index in [4.69, 9.17) is 5.73 Å². The standard InChI is InChI=1S/C18H28N4O3S.C11H10.C3H4.C2H6/c1-12-7-5-4-6-8-26-10-15(12)9-16(22-17(24)13(2)19)18(25)21-11-20-14(3)23;1-9-5-4-7-10-6-2-3-8-11(9)10;1-3-2;1-2/h4-7,10,12-13,16H,8-9,11,19H2,1-3H3,(H,20,23)(H,21,25)(H,22,24);2-8H,1H3;1H,2H3;1-2H3/b6-4-,7-5-,15-10-;;;/t12?,13?,16-;;;/m1.../s1. The number of nitrogens with two attached hydrogens (primary N) is 1. The van der Waals surface area contributed by atoms with Crippen LogP contribution in [0.15, 0.2) is 77.7 Å². The van der Waals surface area contributed by atoms with Gasteiger partial charge < -0.3 is 21.7 Å². The minimum atomic E-state index is -0.765. The lowest BCUT2D eigenvalue weighted by Gasteiger charge is -2.23. The highest BCUT2D eigenvalue weighted by atomic mass is 32.2. The Morgan fingerprint density at radius 3 is 2.33 bits per heavy atom. The zero-order valence-electron chi connectivity index (χ0n) is 26.1. The first kappa shape index (κ1) is 38.2. The molecule has 0 radical (unpaired) electrons. The number of nitrogens with one attached hydrogen (secondary N) is 3. The number of carbonyl (C=O) groups is 3. The van der Waals surface area contributed by atoms with Crippen molar-refractivity contribution in [1.29, 1.82) is 0 Å². The first-order valence-electron chi connectivity index (χ1n) is 14.1. The van der Waals surface area contributed by atoms with Crippen LogP contribution in [0.3, 0.4) is 0 Å². The van der Waals surface area contributed by atoms with Crippen molar-refractivity contribution in [2.24, 2.45) is 11.7 Å². The molecule has 2 aromatic rings. The summed E-state index contributed by atoms with van der Waals surface area (Å²) in [4.78, 5) is 35.5. The zero-order chi connectivity index (χ0) is 31.9. The maximum atomic E-state index is 12.5. The summed E-state index contributed by atoms with van der Waals surface area (Å²) in [7, 11) is 0. The predicted octanol–water partition coefficient (Wildman–Crippen LogP) is 5.61. The van der Waals surface area contributed by atoms with Crippen molar-refractivity contribution in [2.75, 3.05) is 12.4 Å². The van der Waals surface area contributed by atoms with Crippen molar-refractivity contribution >= 4 is 40.3 Å². The molecule has 2 aromatic carbocycles. The summed E-state index contributed by atoms with van der Waals surface area (Å²) >= 11 is 1.64. The number of rotatable bonds is 7. The quantitative estimate of drug-likeness (QED) is 0.247. The lowest BCUT2D eigenvalue weighted by molar-refractivity contribution is -0.129. The van der Waals surface area contributed by atoms with Crippen LogP contribution < -0.4 is 21.7 Å². The molecule has 7 nitrogen and oxygen atoms in total. The summed E-state index contributed by atoms with van der Waals surface area (Å²) in [6.45, 7) is 12.8. The van der Waals surface area contributed by atoms with Crippen LogP contribution in [-0.2, 0) is 14.4 Å². The van der Waals surface area contributed by atoms with Crippen LogP contribution in [0, 0.1) is 25.2 Å². The van der Waals surface area contributed by atoms with Gasteiger partial charge in [-0.05, 0) is 54.9 Å². The fourth-order valence-electron chi connectivity index (χ4n) is 3.56. The van der Waals surface area contributed by atoms with Gasteiger partial charge in [0.15, 0.2) is 0 Å². The van der Waals surface area contributed by atoms with Gasteiger partial charge in [0.05, 0.1) is 12.7 Å². The molecule has 0 aromatic heterocycles. The van der Waals surface area contributed by atoms with E-state index in [9.17, 15) is 14.4 Å². The summed E-state index contributed by atoms with van der Waals surface area (Å²) in [6.07, 6.45) is 13.0. The van der Waals surface area contributed by atoms with E-state index in [1.165, 1.54) is 23.3 Å². The highest BCUT2D eigenvalue weighted by Crippen LogP contribution is 2.23. The van der Waals surface area contributed by atoms with E-state index in [0.29, 0.717) is 6.42 Å². The van der Waals surface area contributed by atoms with E-state index in [1.54, 1.807) is 25.6 Å². The summed E-state index contributed by atoms with van der Waals surface area (Å²) in [6, 6.07) is 13.3. The SMILES string of the molecule is C#CC.CC.CC(=O)NCNC(=O)[C@@H](C/C1=C/SC/C=C\C=C/C1C)NC(=O)C(C)N.Cc1cccc2ccccc12. The van der Waals surface area contributed by atoms with Crippen molar-refractivity contribution in [3.05, 3.63) is 83.3 Å². The number of allylic oxidation sites excluding steroid dienone is 3. The van der Waals surface area contributed by atoms with Crippen LogP contribution in [0.1, 0.15) is 53.5 Å². The van der Waals surface area contributed by atoms with Gasteiger partial charge in [-0.2, -0.15) is 0 Å². The predicted molar refractivity (Wildman–Crippen MR) is 180 cm³/mol. The van der Waals surface area contributed by atoms with Gasteiger partial charge in [-0.1, -0.05) is 93.1 Å². The molecular formula is C34H48N4O3S. The van der Waals surface area contributed by atoms with Crippen molar-refractivity contribution < 1.29 is 14.4 Å². The topological polar surface area (TPSA) is 113 Å². The molecule has 3 atom stereocenters. The van der Waals surface area contributed by atoms with Crippen molar-refractivity contribution in [2.45, 2.75) is 67.0 Å². The molecule has 2 unspecified atom stereocenters. The summed E-state index contributed by atoms with van der Waals surface area (Å²) in [5, 5.41) is 12.5. The van der Waals surface area contributed by atoms with Gasteiger partial charge in [0, 0.05) is 12.7 Å². The largest absolute Gasteiger partial charge is 0.343 e. The third kappa shape index (κ3) is 15.8. The molecule has 1 aliphatic heterocycles. The van der Waals surface area contributed by atoms with Gasteiger partial charge in [0.1, 0.15) is 6.04 Å². The second-order valence-electron chi connectivity index (χ2n) is 9.22. The Labute approximate surface area is 256 Å². The Morgan fingerprint density at radius 1 is 1.07 bits per heavy atom. The molecule has 1 heterocycles. The zero-order valence-corrected chi connectivity index (χ0v) is 26.9. The lowest BCUT2D eigenvalue weighted by atomic mass is 9.95. The van der Waals surface area contributed by atoms with Gasteiger partial charge in [0.25, 0.3) is 0 Å². The molecule has 1 aliphatic rings. The number of amides is 3. The van der Waals surface area contributed by atoms with Crippen LogP contribution in [0.5, 0.6) is 0 Å². The smallest absolute Gasteiger partial charge is 0.244 e. The van der Waals surface area contributed by atoms with E-state index in [2.05, 4.69) is 83.8 Å². The Bertz CT molecular complexity index is 1240. The van der Waals surface area contributed by atoms with Crippen LogP contribution >= 0.6 is 11.8 Å². The lowest BCUT2D eigenvalue weighted by Crippen LogP contribution is -2.52. The monoisotopic (exact) mass is 592 g/mol. The van der Waals surface area contributed by atoms with Gasteiger partial charge in [-0.15, -0.1) is 24.1 Å². The molecule has 3 rings (SSSR count). The Hall–Kier alpha value is -3.80. The number of aryl methyl sites for hydroxylation is 1. The summed E-state index contributed by atoms with van der Waals surface area (Å²) in [5.74, 6) is 2.21. The Kier molecular flexibility index (Phi) is 20.8. The van der Waals surface area contributed by atoms with E-state index < -0.39 is 18.0 Å². The average molecular weight is 593 g/mol. The molecule has 8 heteroatoms. The van der Waals surface area contributed by atoms with E-state index >= 15 is 0 Å². The first-order valence-corrected chi connectivity index (χ1v) is 15.2. The van der Waals surface area contributed by atoms with Crippen molar-refractivity contribution in [1.82, 2.24) is 16.0 Å². The van der Waals surface area contributed by atoms with E-state index in [0.717, 1.165) is 11.3 Å². The third-order valence-corrected chi connectivity index (χ3v) is 6.61. The van der Waals surface area contributed by atoms with Gasteiger partial charge in [-0.25, -0.2) is 0 Å². The first-order chi connectivity index (χ1) is 20.1. The maximum Gasteiger partial charge on any atom is 0.244 e. The second kappa shape index (κ2) is 22.8. The fourth-order valence-corrected chi connectivity index (χ4v) is 4.40. The average Bonchev–Trinajstić information content (AvgIpc) is 3.06. The van der Waals surface area contributed by atoms with Crippen LogP contribution in [-0.4, -0.2) is 42.2 Å². The number of benzene rings is 2. The number of fused-ring (bicyclic) bond motifs is 1. The second-order valence-corrected chi connectivity index (χ2v) is 10.1.